The van der Waals surface area contributed by atoms with E-state index in [1.165, 1.54) is 11.3 Å². The van der Waals surface area contributed by atoms with E-state index in [1.54, 1.807) is 17.5 Å². The molecule has 0 saturated carbocycles. The third-order valence-electron chi connectivity index (χ3n) is 2.60. The molecule has 0 unspecified atom stereocenters. The van der Waals surface area contributed by atoms with E-state index >= 15 is 0 Å². The SMILES string of the molecule is FC(F)(F)c1cc(OCC#Cc2cccs2)cc(C(F)(F)F)c1. The average Bonchev–Trinajstić information content (AvgIpc) is 2.94. The van der Waals surface area contributed by atoms with Crippen LogP contribution in [-0.4, -0.2) is 6.61 Å². The Hall–Kier alpha value is -2.14. The maximum absolute atomic E-state index is 12.7. The van der Waals surface area contributed by atoms with Gasteiger partial charge in [-0.2, -0.15) is 26.3 Å². The van der Waals surface area contributed by atoms with Gasteiger partial charge in [-0.3, -0.25) is 0 Å². The quantitative estimate of drug-likeness (QED) is 0.533. The molecule has 122 valence electrons. The molecule has 0 saturated heterocycles. The molecule has 0 aliphatic carbocycles. The van der Waals surface area contributed by atoms with E-state index in [1.807, 2.05) is 0 Å². The fraction of sp³-hybridized carbons (Fsp3) is 0.200. The van der Waals surface area contributed by atoms with Gasteiger partial charge in [0.1, 0.15) is 12.4 Å². The Kier molecular flexibility index (Phi) is 4.90. The number of rotatable bonds is 2. The molecule has 23 heavy (non-hydrogen) atoms. The molecule has 1 aromatic heterocycles. The van der Waals surface area contributed by atoms with Gasteiger partial charge >= 0.3 is 12.4 Å². The first-order valence-electron chi connectivity index (χ1n) is 6.11. The van der Waals surface area contributed by atoms with Gasteiger partial charge in [0.25, 0.3) is 0 Å². The Morgan fingerprint density at radius 3 is 2.04 bits per heavy atom. The molecule has 2 rings (SSSR count). The molecule has 0 N–H and O–H groups in total. The van der Waals surface area contributed by atoms with Crippen molar-refractivity contribution in [2.75, 3.05) is 6.61 Å². The molecule has 2 aromatic rings. The summed E-state index contributed by atoms with van der Waals surface area (Å²) in [6.07, 6.45) is -9.80. The van der Waals surface area contributed by atoms with Gasteiger partial charge in [0.05, 0.1) is 16.0 Å². The number of alkyl halides is 6. The van der Waals surface area contributed by atoms with Gasteiger partial charge in [-0.1, -0.05) is 17.9 Å². The molecule has 1 heterocycles. The van der Waals surface area contributed by atoms with Gasteiger partial charge < -0.3 is 4.74 Å². The van der Waals surface area contributed by atoms with Crippen LogP contribution in [0.15, 0.2) is 35.7 Å². The molecule has 0 atom stereocenters. The molecule has 0 aliphatic heterocycles. The molecular weight excluding hydrogens is 342 g/mol. The highest BCUT2D eigenvalue weighted by molar-refractivity contribution is 7.10. The first-order valence-corrected chi connectivity index (χ1v) is 6.99. The van der Waals surface area contributed by atoms with Crippen LogP contribution >= 0.6 is 11.3 Å². The average molecular weight is 350 g/mol. The summed E-state index contributed by atoms with van der Waals surface area (Å²) in [6.45, 7) is -0.323. The van der Waals surface area contributed by atoms with Crippen molar-refractivity contribution in [3.05, 3.63) is 51.7 Å². The lowest BCUT2D eigenvalue weighted by Gasteiger charge is -2.14. The van der Waals surface area contributed by atoms with Crippen LogP contribution in [0.5, 0.6) is 5.75 Å². The van der Waals surface area contributed by atoms with Gasteiger partial charge in [-0.15, -0.1) is 11.3 Å². The predicted octanol–water partition coefficient (Wildman–Crippen LogP) is 5.22. The first kappa shape index (κ1) is 17.2. The molecule has 0 bridgehead atoms. The minimum absolute atomic E-state index is 0.0458. The number of halogens is 6. The third-order valence-corrected chi connectivity index (χ3v) is 3.39. The van der Waals surface area contributed by atoms with Crippen LogP contribution in [0.2, 0.25) is 0 Å². The van der Waals surface area contributed by atoms with Crippen LogP contribution in [0.3, 0.4) is 0 Å². The normalized spacial score (nSPS) is 11.7. The van der Waals surface area contributed by atoms with Crippen LogP contribution in [0, 0.1) is 11.8 Å². The lowest BCUT2D eigenvalue weighted by atomic mass is 10.1. The van der Waals surface area contributed by atoms with E-state index in [0.29, 0.717) is 17.0 Å². The highest BCUT2D eigenvalue weighted by atomic mass is 32.1. The topological polar surface area (TPSA) is 9.23 Å². The number of hydrogen-bond acceptors (Lipinski definition) is 2. The lowest BCUT2D eigenvalue weighted by molar-refractivity contribution is -0.143. The second-order valence-electron chi connectivity index (χ2n) is 4.31. The monoisotopic (exact) mass is 350 g/mol. The molecule has 0 fully saturated rings. The van der Waals surface area contributed by atoms with Gasteiger partial charge in [-0.25, -0.2) is 0 Å². The van der Waals surface area contributed by atoms with Crippen molar-refractivity contribution in [2.45, 2.75) is 12.4 Å². The van der Waals surface area contributed by atoms with Gasteiger partial charge in [0.2, 0.25) is 0 Å². The van der Waals surface area contributed by atoms with Crippen LogP contribution in [0.1, 0.15) is 16.0 Å². The second-order valence-corrected chi connectivity index (χ2v) is 5.26. The molecule has 0 amide bonds. The molecule has 0 radical (unpaired) electrons. The molecule has 1 aromatic carbocycles. The Morgan fingerprint density at radius 1 is 0.957 bits per heavy atom. The lowest BCUT2D eigenvalue weighted by Crippen LogP contribution is -2.11. The number of hydrogen-bond donors (Lipinski definition) is 0. The smallest absolute Gasteiger partial charge is 0.416 e. The predicted molar refractivity (Wildman–Crippen MR) is 73.1 cm³/mol. The summed E-state index contributed by atoms with van der Waals surface area (Å²) in [5.41, 5.74) is -2.85. The zero-order valence-corrected chi connectivity index (χ0v) is 12.1. The summed E-state index contributed by atoms with van der Waals surface area (Å²) in [4.78, 5) is 0.716. The van der Waals surface area contributed by atoms with Crippen molar-refractivity contribution in [3.8, 4) is 17.6 Å². The Bertz CT molecular complexity index is 687. The van der Waals surface area contributed by atoms with E-state index in [0.717, 1.165) is 0 Å². The van der Waals surface area contributed by atoms with Crippen molar-refractivity contribution < 1.29 is 31.1 Å². The summed E-state index contributed by atoms with van der Waals surface area (Å²) in [6, 6.07) is 4.57. The fourth-order valence-electron chi connectivity index (χ4n) is 1.60. The van der Waals surface area contributed by atoms with Gasteiger partial charge in [0.15, 0.2) is 0 Å². The minimum atomic E-state index is -4.90. The highest BCUT2D eigenvalue weighted by Gasteiger charge is 2.37. The zero-order chi connectivity index (χ0) is 17.1. The molecule has 0 spiro atoms. The van der Waals surface area contributed by atoms with Crippen molar-refractivity contribution in [2.24, 2.45) is 0 Å². The minimum Gasteiger partial charge on any atom is -0.481 e. The fourth-order valence-corrected chi connectivity index (χ4v) is 2.19. The molecular formula is C15H8F6OS. The number of benzene rings is 1. The van der Waals surface area contributed by atoms with E-state index in [9.17, 15) is 26.3 Å². The van der Waals surface area contributed by atoms with Crippen LogP contribution in [0.25, 0.3) is 0 Å². The maximum atomic E-state index is 12.7. The number of thiophene rings is 1. The van der Waals surface area contributed by atoms with E-state index in [2.05, 4.69) is 11.8 Å². The van der Waals surface area contributed by atoms with Gasteiger partial charge in [-0.05, 0) is 29.6 Å². The summed E-state index contributed by atoms with van der Waals surface area (Å²) < 4.78 is 80.9. The van der Waals surface area contributed by atoms with E-state index in [-0.39, 0.29) is 12.7 Å². The van der Waals surface area contributed by atoms with Crippen molar-refractivity contribution >= 4 is 11.3 Å². The standard InChI is InChI=1S/C15H8F6OS/c16-14(17,18)10-7-11(15(19,20)21)9-12(8-10)22-5-1-3-13-4-2-6-23-13/h2,4,6-9H,5H2. The summed E-state index contributed by atoms with van der Waals surface area (Å²) in [5.74, 6) is 4.68. The maximum Gasteiger partial charge on any atom is 0.416 e. The molecule has 1 nitrogen and oxygen atoms in total. The number of ether oxygens (including phenoxy) is 1. The molecule has 8 heteroatoms. The molecule has 0 aliphatic rings. The largest absolute Gasteiger partial charge is 0.481 e. The summed E-state index contributed by atoms with van der Waals surface area (Å²) in [5, 5.41) is 1.79. The third kappa shape index (κ3) is 4.93. The highest BCUT2D eigenvalue weighted by Crippen LogP contribution is 2.38. The van der Waals surface area contributed by atoms with Gasteiger partial charge in [0, 0.05) is 0 Å². The summed E-state index contributed by atoms with van der Waals surface area (Å²) in [7, 11) is 0. The van der Waals surface area contributed by atoms with Crippen LogP contribution < -0.4 is 4.74 Å². The van der Waals surface area contributed by atoms with Crippen LogP contribution in [-0.2, 0) is 12.4 Å². The van der Waals surface area contributed by atoms with Crippen molar-refractivity contribution in [1.82, 2.24) is 0 Å². The van der Waals surface area contributed by atoms with Crippen molar-refractivity contribution in [3.63, 3.8) is 0 Å². The first-order chi connectivity index (χ1) is 10.7. The second kappa shape index (κ2) is 6.54. The van der Waals surface area contributed by atoms with E-state index in [4.69, 9.17) is 4.74 Å². The Labute approximate surface area is 131 Å². The van der Waals surface area contributed by atoms with Crippen LogP contribution in [0.4, 0.5) is 26.3 Å². The Morgan fingerprint density at radius 2 is 1.57 bits per heavy atom. The summed E-state index contributed by atoms with van der Waals surface area (Å²) >= 11 is 1.35. The Balaban J connectivity index is 2.20. The zero-order valence-electron chi connectivity index (χ0n) is 11.3. The van der Waals surface area contributed by atoms with E-state index < -0.39 is 29.2 Å². The van der Waals surface area contributed by atoms with Crippen molar-refractivity contribution in [1.29, 1.82) is 0 Å².